The maximum atomic E-state index is 12.2. The highest BCUT2D eigenvalue weighted by Gasteiger charge is 2.08. The van der Waals surface area contributed by atoms with Crippen LogP contribution in [0.1, 0.15) is 29.3 Å². The standard InChI is InChI=1S/C20H22N2O2/c1-2-17(15-16-9-5-3-6-10-16)19(23)21-13-14-22-20(24)18-11-7-4-8-12-18/h3-12,15H,2,13-14H2,1H3,(H,21,23)(H,22,24)/b17-15+. The first-order chi connectivity index (χ1) is 11.7. The number of hydrogen-bond acceptors (Lipinski definition) is 2. The summed E-state index contributed by atoms with van der Waals surface area (Å²) in [4.78, 5) is 24.1. The molecule has 0 heterocycles. The summed E-state index contributed by atoms with van der Waals surface area (Å²) in [5.41, 5.74) is 2.33. The molecule has 24 heavy (non-hydrogen) atoms. The minimum absolute atomic E-state index is 0.102. The molecule has 0 unspecified atom stereocenters. The largest absolute Gasteiger partial charge is 0.351 e. The second kappa shape index (κ2) is 9.30. The van der Waals surface area contributed by atoms with Gasteiger partial charge in [-0.1, -0.05) is 55.5 Å². The lowest BCUT2D eigenvalue weighted by molar-refractivity contribution is -0.117. The summed E-state index contributed by atoms with van der Waals surface area (Å²) in [5, 5.41) is 5.63. The van der Waals surface area contributed by atoms with Crippen LogP contribution in [0.25, 0.3) is 6.08 Å². The number of amides is 2. The molecule has 124 valence electrons. The van der Waals surface area contributed by atoms with E-state index in [2.05, 4.69) is 10.6 Å². The van der Waals surface area contributed by atoms with Crippen molar-refractivity contribution < 1.29 is 9.59 Å². The van der Waals surface area contributed by atoms with Gasteiger partial charge in [-0.05, 0) is 30.2 Å². The smallest absolute Gasteiger partial charge is 0.251 e. The Morgan fingerprint density at radius 2 is 1.46 bits per heavy atom. The first kappa shape index (κ1) is 17.5. The maximum Gasteiger partial charge on any atom is 0.251 e. The van der Waals surface area contributed by atoms with Crippen molar-refractivity contribution in [3.05, 3.63) is 77.4 Å². The minimum Gasteiger partial charge on any atom is -0.351 e. The third-order valence-corrected chi connectivity index (χ3v) is 3.55. The van der Waals surface area contributed by atoms with Crippen LogP contribution < -0.4 is 10.6 Å². The van der Waals surface area contributed by atoms with Gasteiger partial charge in [0.1, 0.15) is 0 Å². The van der Waals surface area contributed by atoms with Gasteiger partial charge in [-0.2, -0.15) is 0 Å². The number of rotatable bonds is 7. The molecule has 0 aliphatic rings. The first-order valence-electron chi connectivity index (χ1n) is 8.07. The van der Waals surface area contributed by atoms with E-state index < -0.39 is 0 Å². The highest BCUT2D eigenvalue weighted by Crippen LogP contribution is 2.09. The molecule has 0 aliphatic carbocycles. The minimum atomic E-state index is -0.139. The van der Waals surface area contributed by atoms with Crippen LogP contribution in [0.4, 0.5) is 0 Å². The zero-order valence-electron chi connectivity index (χ0n) is 13.8. The quantitative estimate of drug-likeness (QED) is 0.608. The van der Waals surface area contributed by atoms with Crippen LogP contribution in [0.15, 0.2) is 66.2 Å². The van der Waals surface area contributed by atoms with E-state index in [0.29, 0.717) is 25.1 Å². The fraction of sp³-hybridized carbons (Fsp3) is 0.200. The number of nitrogens with one attached hydrogen (secondary N) is 2. The Morgan fingerprint density at radius 1 is 0.875 bits per heavy atom. The third kappa shape index (κ3) is 5.39. The van der Waals surface area contributed by atoms with E-state index in [9.17, 15) is 9.59 Å². The zero-order chi connectivity index (χ0) is 17.2. The highest BCUT2D eigenvalue weighted by atomic mass is 16.2. The monoisotopic (exact) mass is 322 g/mol. The second-order valence-corrected chi connectivity index (χ2v) is 5.31. The molecule has 0 aliphatic heterocycles. The maximum absolute atomic E-state index is 12.2. The fourth-order valence-electron chi connectivity index (χ4n) is 2.24. The molecule has 0 spiro atoms. The van der Waals surface area contributed by atoms with Crippen LogP contribution in [-0.4, -0.2) is 24.9 Å². The Kier molecular flexibility index (Phi) is 6.77. The molecule has 0 atom stereocenters. The van der Waals surface area contributed by atoms with E-state index in [0.717, 1.165) is 11.1 Å². The SMILES string of the molecule is CC/C(=C\c1ccccc1)C(=O)NCCNC(=O)c1ccccc1. The molecule has 0 aromatic heterocycles. The van der Waals surface area contributed by atoms with E-state index in [-0.39, 0.29) is 11.8 Å². The van der Waals surface area contributed by atoms with Crippen molar-refractivity contribution in [1.29, 1.82) is 0 Å². The van der Waals surface area contributed by atoms with Gasteiger partial charge >= 0.3 is 0 Å². The van der Waals surface area contributed by atoms with Crippen LogP contribution in [0.2, 0.25) is 0 Å². The van der Waals surface area contributed by atoms with Gasteiger partial charge in [-0.3, -0.25) is 9.59 Å². The zero-order valence-corrected chi connectivity index (χ0v) is 13.8. The van der Waals surface area contributed by atoms with Gasteiger partial charge in [-0.25, -0.2) is 0 Å². The number of carbonyl (C=O) groups excluding carboxylic acids is 2. The summed E-state index contributed by atoms with van der Waals surface area (Å²) < 4.78 is 0. The van der Waals surface area contributed by atoms with Crippen molar-refractivity contribution in [3.63, 3.8) is 0 Å². The first-order valence-corrected chi connectivity index (χ1v) is 8.07. The lowest BCUT2D eigenvalue weighted by Gasteiger charge is -2.09. The van der Waals surface area contributed by atoms with Crippen LogP contribution >= 0.6 is 0 Å². The summed E-state index contributed by atoms with van der Waals surface area (Å²) in [6.45, 7) is 2.73. The molecule has 0 saturated heterocycles. The third-order valence-electron chi connectivity index (χ3n) is 3.55. The normalized spacial score (nSPS) is 11.0. The molecule has 2 amide bonds. The highest BCUT2D eigenvalue weighted by molar-refractivity contribution is 5.98. The van der Waals surface area contributed by atoms with Crippen LogP contribution in [0.3, 0.4) is 0 Å². The van der Waals surface area contributed by atoms with Crippen LogP contribution in [-0.2, 0) is 4.79 Å². The van der Waals surface area contributed by atoms with E-state index in [1.165, 1.54) is 0 Å². The van der Waals surface area contributed by atoms with Crippen molar-refractivity contribution >= 4 is 17.9 Å². The summed E-state index contributed by atoms with van der Waals surface area (Å²) in [5.74, 6) is -0.240. The Labute approximate surface area is 142 Å². The lowest BCUT2D eigenvalue weighted by Crippen LogP contribution is -2.35. The molecule has 0 radical (unpaired) electrons. The topological polar surface area (TPSA) is 58.2 Å². The predicted molar refractivity (Wildman–Crippen MR) is 96.5 cm³/mol. The molecule has 2 N–H and O–H groups in total. The van der Waals surface area contributed by atoms with Gasteiger partial charge in [-0.15, -0.1) is 0 Å². The summed E-state index contributed by atoms with van der Waals surface area (Å²) in [6, 6.07) is 18.8. The molecule has 4 heteroatoms. The number of hydrogen-bond donors (Lipinski definition) is 2. The van der Waals surface area contributed by atoms with Crippen molar-refractivity contribution in [2.45, 2.75) is 13.3 Å². The molecule has 0 saturated carbocycles. The van der Waals surface area contributed by atoms with E-state index in [1.54, 1.807) is 12.1 Å². The van der Waals surface area contributed by atoms with E-state index in [1.807, 2.05) is 61.5 Å². The molecular weight excluding hydrogens is 300 g/mol. The van der Waals surface area contributed by atoms with Gasteiger partial charge < -0.3 is 10.6 Å². The molecule has 2 aromatic rings. The van der Waals surface area contributed by atoms with E-state index in [4.69, 9.17) is 0 Å². The van der Waals surface area contributed by atoms with Gasteiger partial charge in [0.15, 0.2) is 0 Å². The predicted octanol–water partition coefficient (Wildman–Crippen LogP) is 3.03. The van der Waals surface area contributed by atoms with Gasteiger partial charge in [0, 0.05) is 24.2 Å². The lowest BCUT2D eigenvalue weighted by atomic mass is 10.1. The van der Waals surface area contributed by atoms with Crippen molar-refractivity contribution in [3.8, 4) is 0 Å². The second-order valence-electron chi connectivity index (χ2n) is 5.31. The van der Waals surface area contributed by atoms with Crippen molar-refractivity contribution in [1.82, 2.24) is 10.6 Å². The molecule has 0 fully saturated rings. The fourth-order valence-corrected chi connectivity index (χ4v) is 2.24. The summed E-state index contributed by atoms with van der Waals surface area (Å²) >= 11 is 0. The van der Waals surface area contributed by atoms with Crippen LogP contribution in [0.5, 0.6) is 0 Å². The number of carbonyl (C=O) groups is 2. The Hall–Kier alpha value is -2.88. The van der Waals surface area contributed by atoms with Crippen molar-refractivity contribution in [2.24, 2.45) is 0 Å². The Balaban J connectivity index is 1.80. The Morgan fingerprint density at radius 3 is 2.08 bits per heavy atom. The average molecular weight is 322 g/mol. The van der Waals surface area contributed by atoms with E-state index >= 15 is 0 Å². The Bertz CT molecular complexity index is 694. The molecule has 2 rings (SSSR count). The molecule has 2 aromatic carbocycles. The van der Waals surface area contributed by atoms with Gasteiger partial charge in [0.25, 0.3) is 5.91 Å². The average Bonchev–Trinajstić information content (AvgIpc) is 2.64. The molecular formula is C20H22N2O2. The molecule has 4 nitrogen and oxygen atoms in total. The van der Waals surface area contributed by atoms with Gasteiger partial charge in [0.2, 0.25) is 5.91 Å². The van der Waals surface area contributed by atoms with Crippen molar-refractivity contribution in [2.75, 3.05) is 13.1 Å². The van der Waals surface area contributed by atoms with Gasteiger partial charge in [0.05, 0.1) is 0 Å². The number of benzene rings is 2. The molecule has 0 bridgehead atoms. The van der Waals surface area contributed by atoms with Crippen LogP contribution in [0, 0.1) is 0 Å². The summed E-state index contributed by atoms with van der Waals surface area (Å²) in [7, 11) is 0. The summed E-state index contributed by atoms with van der Waals surface area (Å²) in [6.07, 6.45) is 2.54.